The van der Waals surface area contributed by atoms with Crippen LogP contribution in [0.2, 0.25) is 5.02 Å². The van der Waals surface area contributed by atoms with E-state index in [0.717, 1.165) is 41.5 Å². The maximum Gasteiger partial charge on any atom is 0.259 e. The molecule has 28 heavy (non-hydrogen) atoms. The lowest BCUT2D eigenvalue weighted by Crippen LogP contribution is -2.28. The van der Waals surface area contributed by atoms with Crippen LogP contribution < -0.4 is 10.9 Å². The van der Waals surface area contributed by atoms with Gasteiger partial charge >= 0.3 is 0 Å². The Bertz CT molecular complexity index is 1070. The van der Waals surface area contributed by atoms with Crippen LogP contribution in [-0.4, -0.2) is 15.9 Å². The van der Waals surface area contributed by atoms with Gasteiger partial charge in [0.25, 0.3) is 5.56 Å². The summed E-state index contributed by atoms with van der Waals surface area (Å²) in [5.74, 6) is 0.519. The number of amides is 1. The molecule has 0 bridgehead atoms. The van der Waals surface area contributed by atoms with Crippen LogP contribution in [0.4, 0.5) is 0 Å². The second-order valence-electron chi connectivity index (χ2n) is 7.13. The Labute approximate surface area is 172 Å². The van der Waals surface area contributed by atoms with Crippen LogP contribution in [0.1, 0.15) is 54.1 Å². The lowest BCUT2D eigenvalue weighted by molar-refractivity contribution is -0.121. The number of benzene rings is 1. The maximum atomic E-state index is 12.5. The summed E-state index contributed by atoms with van der Waals surface area (Å²) in [6, 6.07) is 7.46. The van der Waals surface area contributed by atoms with E-state index >= 15 is 0 Å². The van der Waals surface area contributed by atoms with Crippen molar-refractivity contribution >= 4 is 39.1 Å². The second kappa shape index (κ2) is 8.05. The molecule has 0 unspecified atom stereocenters. The normalized spacial score (nSPS) is 14.2. The van der Waals surface area contributed by atoms with Gasteiger partial charge in [0.05, 0.1) is 11.4 Å². The molecule has 0 fully saturated rings. The van der Waals surface area contributed by atoms with E-state index in [2.05, 4.69) is 15.3 Å². The van der Waals surface area contributed by atoms with Gasteiger partial charge in [-0.15, -0.1) is 11.3 Å². The molecule has 1 amide bonds. The van der Waals surface area contributed by atoms with E-state index in [9.17, 15) is 9.59 Å². The number of hydrogen-bond donors (Lipinski definition) is 2. The molecule has 3 aromatic rings. The molecule has 0 radical (unpaired) electrons. The van der Waals surface area contributed by atoms with Crippen LogP contribution in [0, 0.1) is 0 Å². The van der Waals surface area contributed by atoms with Crippen molar-refractivity contribution in [1.29, 1.82) is 0 Å². The summed E-state index contributed by atoms with van der Waals surface area (Å²) < 4.78 is 0. The fourth-order valence-electron chi connectivity index (χ4n) is 3.78. The summed E-state index contributed by atoms with van der Waals surface area (Å²) in [6.07, 6.45) is 4.60. The van der Waals surface area contributed by atoms with Crippen molar-refractivity contribution < 1.29 is 4.79 Å². The van der Waals surface area contributed by atoms with Crippen molar-refractivity contribution in [1.82, 2.24) is 15.3 Å². The molecule has 0 saturated heterocycles. The van der Waals surface area contributed by atoms with Crippen molar-refractivity contribution in [3.63, 3.8) is 0 Å². The molecule has 146 valence electrons. The molecule has 1 aliphatic carbocycles. The summed E-state index contributed by atoms with van der Waals surface area (Å²) in [5, 5.41) is 4.48. The fourth-order valence-corrected chi connectivity index (χ4v) is 5.19. The molecule has 2 N–H and O–H groups in total. The predicted molar refractivity (Wildman–Crippen MR) is 113 cm³/mol. The summed E-state index contributed by atoms with van der Waals surface area (Å²) in [5.41, 5.74) is 2.13. The number of aromatic nitrogens is 2. The maximum absolute atomic E-state index is 12.5. The molecule has 4 rings (SSSR count). The smallest absolute Gasteiger partial charge is 0.259 e. The minimum Gasteiger partial charge on any atom is -0.349 e. The molecular formula is C21H22ClN3O2S. The molecule has 7 heteroatoms. The average molecular weight is 416 g/mol. The Kier molecular flexibility index (Phi) is 5.51. The number of nitrogens with zero attached hydrogens (tertiary/aromatic N) is 1. The zero-order valence-corrected chi connectivity index (χ0v) is 17.3. The predicted octanol–water partition coefficient (Wildman–Crippen LogP) is 4.33. The standard InChI is InChI=1S/C21H22ClN3O2S/c1-2-15(12-6-8-13(22)9-7-12)23-18(26)11-10-17-24-20(27)19-14-4-3-5-16(14)28-21(19)25-17/h6-9,15H,2-5,10-11H2,1H3,(H,23,26)(H,24,25,27)/t15-/m0/s1. The number of fused-ring (bicyclic) bond motifs is 3. The highest BCUT2D eigenvalue weighted by Gasteiger charge is 2.21. The average Bonchev–Trinajstić information content (AvgIpc) is 3.26. The zero-order chi connectivity index (χ0) is 19.7. The van der Waals surface area contributed by atoms with Gasteiger partial charge in [-0.05, 0) is 48.9 Å². The first-order valence-electron chi connectivity index (χ1n) is 9.63. The van der Waals surface area contributed by atoms with Crippen LogP contribution in [-0.2, 0) is 24.1 Å². The van der Waals surface area contributed by atoms with E-state index in [1.807, 2.05) is 31.2 Å². The van der Waals surface area contributed by atoms with Gasteiger partial charge in [0.2, 0.25) is 5.91 Å². The largest absolute Gasteiger partial charge is 0.349 e. The van der Waals surface area contributed by atoms with Crippen molar-refractivity contribution in [2.75, 3.05) is 0 Å². The number of H-pyrrole nitrogens is 1. The van der Waals surface area contributed by atoms with E-state index in [4.69, 9.17) is 11.6 Å². The van der Waals surface area contributed by atoms with Gasteiger partial charge in [0.1, 0.15) is 10.7 Å². The lowest BCUT2D eigenvalue weighted by atomic mass is 10.0. The molecule has 0 aliphatic heterocycles. The summed E-state index contributed by atoms with van der Waals surface area (Å²) in [7, 11) is 0. The SMILES string of the molecule is CC[C@H](NC(=O)CCc1nc2sc3c(c2c(=O)[nH]1)CCC3)c1ccc(Cl)cc1. The number of thiophene rings is 1. The lowest BCUT2D eigenvalue weighted by Gasteiger charge is -2.17. The van der Waals surface area contributed by atoms with Crippen LogP contribution in [0.15, 0.2) is 29.1 Å². The highest BCUT2D eigenvalue weighted by molar-refractivity contribution is 7.18. The van der Waals surface area contributed by atoms with E-state index in [0.29, 0.717) is 17.3 Å². The summed E-state index contributed by atoms with van der Waals surface area (Å²) >= 11 is 7.56. The number of aryl methyl sites for hydroxylation is 3. The molecule has 2 aromatic heterocycles. The Hall–Kier alpha value is -2.18. The zero-order valence-electron chi connectivity index (χ0n) is 15.7. The highest BCUT2D eigenvalue weighted by atomic mass is 35.5. The Morgan fingerprint density at radius 2 is 2.11 bits per heavy atom. The fraction of sp³-hybridized carbons (Fsp3) is 0.381. The van der Waals surface area contributed by atoms with Gasteiger partial charge in [-0.25, -0.2) is 4.98 Å². The van der Waals surface area contributed by atoms with Crippen molar-refractivity contribution in [2.45, 2.75) is 51.5 Å². The van der Waals surface area contributed by atoms with Gasteiger partial charge in [-0.3, -0.25) is 9.59 Å². The van der Waals surface area contributed by atoms with Gasteiger partial charge in [-0.1, -0.05) is 30.7 Å². The third kappa shape index (κ3) is 3.84. The number of rotatable bonds is 6. The summed E-state index contributed by atoms with van der Waals surface area (Å²) in [6.45, 7) is 2.03. The van der Waals surface area contributed by atoms with Crippen molar-refractivity contribution in [2.24, 2.45) is 0 Å². The Morgan fingerprint density at radius 3 is 2.86 bits per heavy atom. The molecule has 1 atom stereocenters. The first kappa shape index (κ1) is 19.2. The minimum atomic E-state index is -0.0765. The molecule has 1 aromatic carbocycles. The van der Waals surface area contributed by atoms with Crippen molar-refractivity contribution in [3.05, 3.63) is 61.5 Å². The first-order valence-corrected chi connectivity index (χ1v) is 10.8. The van der Waals surface area contributed by atoms with Gasteiger partial charge < -0.3 is 10.3 Å². The number of carbonyl (C=O) groups excluding carboxylic acids is 1. The third-order valence-corrected chi connectivity index (χ3v) is 6.67. The second-order valence-corrected chi connectivity index (χ2v) is 8.65. The van der Waals surface area contributed by atoms with Crippen LogP contribution >= 0.6 is 22.9 Å². The number of carbonyl (C=O) groups is 1. The molecule has 0 saturated carbocycles. The van der Waals surface area contributed by atoms with Gasteiger partial charge in [-0.2, -0.15) is 0 Å². The van der Waals surface area contributed by atoms with Crippen LogP contribution in [0.3, 0.4) is 0 Å². The number of halogens is 1. The van der Waals surface area contributed by atoms with Crippen molar-refractivity contribution in [3.8, 4) is 0 Å². The quantitative estimate of drug-likeness (QED) is 0.629. The first-order chi connectivity index (χ1) is 13.5. The third-order valence-electron chi connectivity index (χ3n) is 5.23. The number of nitrogens with one attached hydrogen (secondary N) is 2. The van der Waals surface area contributed by atoms with Gasteiger partial charge in [0, 0.05) is 22.7 Å². The number of hydrogen-bond acceptors (Lipinski definition) is 4. The van der Waals surface area contributed by atoms with E-state index < -0.39 is 0 Å². The molecule has 5 nitrogen and oxygen atoms in total. The molecule has 1 aliphatic rings. The molecule has 2 heterocycles. The Balaban J connectivity index is 1.43. The van der Waals surface area contributed by atoms with Crippen LogP contribution in [0.25, 0.3) is 10.2 Å². The molecular weight excluding hydrogens is 394 g/mol. The highest BCUT2D eigenvalue weighted by Crippen LogP contribution is 2.34. The Morgan fingerprint density at radius 1 is 1.32 bits per heavy atom. The summed E-state index contributed by atoms with van der Waals surface area (Å²) in [4.78, 5) is 34.5. The molecule has 0 spiro atoms. The van der Waals surface area contributed by atoms with E-state index in [1.54, 1.807) is 11.3 Å². The van der Waals surface area contributed by atoms with E-state index in [1.165, 1.54) is 10.4 Å². The number of aromatic amines is 1. The monoisotopic (exact) mass is 415 g/mol. The topological polar surface area (TPSA) is 74.8 Å². The minimum absolute atomic E-state index is 0.0560. The van der Waals surface area contributed by atoms with E-state index in [-0.39, 0.29) is 23.9 Å². The van der Waals surface area contributed by atoms with Gasteiger partial charge in [0.15, 0.2) is 0 Å². The van der Waals surface area contributed by atoms with Crippen LogP contribution in [0.5, 0.6) is 0 Å².